The van der Waals surface area contributed by atoms with Gasteiger partial charge in [0.25, 0.3) is 0 Å². The molecule has 0 radical (unpaired) electrons. The summed E-state index contributed by atoms with van der Waals surface area (Å²) in [7, 11) is 0. The Balaban J connectivity index is -0.000000140. The number of aliphatic hydroxyl groups excluding tert-OH is 2. The molecule has 0 fully saturated rings. The van der Waals surface area contributed by atoms with Crippen LogP contribution in [0.4, 0.5) is 0 Å². The number of aliphatic hydroxyl groups is 2. The Morgan fingerprint density at radius 1 is 0.459 bits per heavy atom. The monoisotopic (exact) mass is 568 g/mol. The standard InChI is InChI=1S/2C12H24O2.2C3H8O.Ti/c2*1-2-3-4-5-6-7-8-9-10-11-12(13)14;2*1-3(2)4;/h2*2-11H2,1H3,(H,13,14);2*3-4H,1-2H3;. The van der Waals surface area contributed by atoms with Gasteiger partial charge in [-0.05, 0) is 40.5 Å². The predicted molar refractivity (Wildman–Crippen MR) is 154 cm³/mol. The van der Waals surface area contributed by atoms with Crippen molar-refractivity contribution in [2.45, 2.75) is 182 Å². The molecule has 0 aliphatic heterocycles. The summed E-state index contributed by atoms with van der Waals surface area (Å²) in [6.45, 7) is 11.3. The fraction of sp³-hybridized carbons (Fsp3) is 0.933. The van der Waals surface area contributed by atoms with Crippen molar-refractivity contribution >= 4 is 11.9 Å². The van der Waals surface area contributed by atoms with E-state index in [4.69, 9.17) is 20.4 Å². The number of hydrogen-bond acceptors (Lipinski definition) is 4. The van der Waals surface area contributed by atoms with Gasteiger partial charge in [0.1, 0.15) is 0 Å². The van der Waals surface area contributed by atoms with Gasteiger partial charge in [-0.1, -0.05) is 117 Å². The average molecular weight is 569 g/mol. The fourth-order valence-corrected chi connectivity index (χ4v) is 3.17. The third-order valence-corrected chi connectivity index (χ3v) is 4.99. The molecule has 0 saturated heterocycles. The van der Waals surface area contributed by atoms with Gasteiger partial charge >= 0.3 is 11.9 Å². The maximum absolute atomic E-state index is 10.2. The van der Waals surface area contributed by atoms with Crippen LogP contribution >= 0.6 is 0 Å². The molecule has 0 aliphatic rings. The van der Waals surface area contributed by atoms with Gasteiger partial charge in [0.05, 0.1) is 0 Å². The summed E-state index contributed by atoms with van der Waals surface area (Å²) in [5, 5.41) is 32.9. The first-order valence-electron chi connectivity index (χ1n) is 14.8. The zero-order valence-corrected chi connectivity index (χ0v) is 27.0. The molecule has 4 N–H and O–H groups in total. The van der Waals surface area contributed by atoms with Crippen LogP contribution in [0.3, 0.4) is 0 Å². The predicted octanol–water partition coefficient (Wildman–Crippen LogP) is 8.76. The molecule has 0 saturated carbocycles. The Bertz CT molecular complexity index is 373. The van der Waals surface area contributed by atoms with Gasteiger partial charge in [0, 0.05) is 46.8 Å². The molecule has 0 atom stereocenters. The Kier molecular flexibility index (Phi) is 53.5. The minimum absolute atomic E-state index is 0. The van der Waals surface area contributed by atoms with Crippen molar-refractivity contribution < 1.29 is 51.7 Å². The van der Waals surface area contributed by atoms with Crippen molar-refractivity contribution in [1.82, 2.24) is 0 Å². The van der Waals surface area contributed by atoms with E-state index in [0.717, 1.165) is 25.7 Å². The largest absolute Gasteiger partial charge is 0.481 e. The normalized spacial score (nSPS) is 9.78. The summed E-state index contributed by atoms with van der Waals surface area (Å²) in [5.74, 6) is -1.32. The van der Waals surface area contributed by atoms with E-state index in [1.807, 2.05) is 0 Å². The quantitative estimate of drug-likeness (QED) is 0.0862. The van der Waals surface area contributed by atoms with E-state index in [9.17, 15) is 9.59 Å². The van der Waals surface area contributed by atoms with Gasteiger partial charge in [-0.3, -0.25) is 9.59 Å². The van der Waals surface area contributed by atoms with Crippen LogP contribution in [0.25, 0.3) is 0 Å². The second kappa shape index (κ2) is 42.7. The van der Waals surface area contributed by atoms with Crippen LogP contribution in [-0.2, 0) is 31.3 Å². The molecule has 0 spiro atoms. The van der Waals surface area contributed by atoms with Crippen LogP contribution in [0.2, 0.25) is 0 Å². The first-order chi connectivity index (χ1) is 17.0. The van der Waals surface area contributed by atoms with Crippen molar-refractivity contribution in [2.75, 3.05) is 0 Å². The summed E-state index contributed by atoms with van der Waals surface area (Å²) in [5.41, 5.74) is 0. The van der Waals surface area contributed by atoms with E-state index >= 15 is 0 Å². The molecule has 0 bridgehead atoms. The third kappa shape index (κ3) is 86.2. The SMILES string of the molecule is CC(C)O.CC(C)O.CCCCCCCCCCCC(=O)O.CCCCCCCCCCCC(=O)O.[Ti]. The molecular formula is C30H64O6Ti. The van der Waals surface area contributed by atoms with Crippen molar-refractivity contribution in [2.24, 2.45) is 0 Å². The van der Waals surface area contributed by atoms with Crippen LogP contribution in [0.1, 0.15) is 170 Å². The maximum atomic E-state index is 10.2. The Labute approximate surface area is 245 Å². The summed E-state index contributed by atoms with van der Waals surface area (Å²) >= 11 is 0. The summed E-state index contributed by atoms with van der Waals surface area (Å²) < 4.78 is 0. The van der Waals surface area contributed by atoms with Gasteiger partial charge in [-0.2, -0.15) is 0 Å². The second-order valence-corrected chi connectivity index (χ2v) is 10.1. The molecular weight excluding hydrogens is 504 g/mol. The van der Waals surface area contributed by atoms with Crippen LogP contribution in [-0.4, -0.2) is 44.6 Å². The molecule has 0 amide bonds. The van der Waals surface area contributed by atoms with Gasteiger partial charge in [0.2, 0.25) is 0 Å². The molecule has 0 aromatic heterocycles. The minimum atomic E-state index is -0.659. The topological polar surface area (TPSA) is 115 Å². The van der Waals surface area contributed by atoms with E-state index in [1.54, 1.807) is 27.7 Å². The number of rotatable bonds is 20. The number of hydrogen-bond donors (Lipinski definition) is 4. The molecule has 0 rings (SSSR count). The minimum Gasteiger partial charge on any atom is -0.481 e. The van der Waals surface area contributed by atoms with E-state index in [0.29, 0.717) is 12.8 Å². The van der Waals surface area contributed by atoms with E-state index in [2.05, 4.69) is 13.8 Å². The van der Waals surface area contributed by atoms with Gasteiger partial charge in [-0.15, -0.1) is 0 Å². The fourth-order valence-electron chi connectivity index (χ4n) is 3.17. The zero-order chi connectivity index (χ0) is 28.5. The Morgan fingerprint density at radius 2 is 0.622 bits per heavy atom. The van der Waals surface area contributed by atoms with E-state index in [-0.39, 0.29) is 33.9 Å². The first kappa shape index (κ1) is 46.4. The number of carbonyl (C=O) groups is 2. The van der Waals surface area contributed by atoms with Crippen molar-refractivity contribution in [3.8, 4) is 0 Å². The van der Waals surface area contributed by atoms with Crippen molar-refractivity contribution in [1.29, 1.82) is 0 Å². The molecule has 0 aliphatic carbocycles. The van der Waals surface area contributed by atoms with E-state index < -0.39 is 11.9 Å². The summed E-state index contributed by atoms with van der Waals surface area (Å²) in [6, 6.07) is 0. The van der Waals surface area contributed by atoms with Crippen LogP contribution in [0.5, 0.6) is 0 Å². The maximum Gasteiger partial charge on any atom is 0.303 e. The second-order valence-electron chi connectivity index (χ2n) is 10.1. The zero-order valence-electron chi connectivity index (χ0n) is 25.4. The van der Waals surface area contributed by atoms with Crippen LogP contribution in [0, 0.1) is 0 Å². The van der Waals surface area contributed by atoms with Crippen LogP contribution < -0.4 is 0 Å². The Morgan fingerprint density at radius 3 is 0.784 bits per heavy atom. The molecule has 7 heteroatoms. The van der Waals surface area contributed by atoms with E-state index in [1.165, 1.54) is 89.9 Å². The van der Waals surface area contributed by atoms with Gasteiger partial charge in [-0.25, -0.2) is 0 Å². The smallest absolute Gasteiger partial charge is 0.303 e. The first-order valence-corrected chi connectivity index (χ1v) is 14.8. The number of unbranched alkanes of at least 4 members (excludes halogenated alkanes) is 16. The molecule has 224 valence electrons. The van der Waals surface area contributed by atoms with Crippen molar-refractivity contribution in [3.63, 3.8) is 0 Å². The molecule has 0 aromatic rings. The summed E-state index contributed by atoms with van der Waals surface area (Å²) in [6.07, 6.45) is 22.6. The van der Waals surface area contributed by atoms with Crippen molar-refractivity contribution in [3.05, 3.63) is 0 Å². The number of carboxylic acid groups (broad SMARTS) is 2. The molecule has 0 unspecified atom stereocenters. The number of carboxylic acids is 2. The molecule has 37 heavy (non-hydrogen) atoms. The molecule has 6 nitrogen and oxygen atoms in total. The van der Waals surface area contributed by atoms with Gasteiger partial charge < -0.3 is 20.4 Å². The number of aliphatic carboxylic acids is 2. The Hall–Kier alpha value is -0.426. The third-order valence-electron chi connectivity index (χ3n) is 4.99. The van der Waals surface area contributed by atoms with Gasteiger partial charge in [0.15, 0.2) is 0 Å². The molecule has 0 aromatic carbocycles. The average Bonchev–Trinajstić information content (AvgIpc) is 2.76. The van der Waals surface area contributed by atoms with Crippen LogP contribution in [0.15, 0.2) is 0 Å². The molecule has 0 heterocycles. The summed E-state index contributed by atoms with van der Waals surface area (Å²) in [4.78, 5) is 20.4.